The Morgan fingerprint density at radius 1 is 0.833 bits per heavy atom. The van der Waals surface area contributed by atoms with Crippen molar-refractivity contribution in [2.45, 2.75) is 39.0 Å². The van der Waals surface area contributed by atoms with Gasteiger partial charge in [-0.05, 0) is 78.1 Å². The van der Waals surface area contributed by atoms with Gasteiger partial charge in [0, 0.05) is 54.9 Å². The van der Waals surface area contributed by atoms with Crippen LogP contribution in [0.25, 0.3) is 0 Å². The number of nitrogens with one attached hydrogen (secondary N) is 1. The number of hydrogen-bond donors (Lipinski definition) is 2. The Bertz CT molecular complexity index is 2340. The molecule has 0 bridgehead atoms. The summed E-state index contributed by atoms with van der Waals surface area (Å²) in [5.74, 6) is 1.57. The first-order valence-corrected chi connectivity index (χ1v) is 17.9. The number of hydrogen-bond acceptors (Lipinski definition) is 9. The predicted octanol–water partition coefficient (Wildman–Crippen LogP) is 7.37. The first-order valence-electron chi connectivity index (χ1n) is 17.9. The van der Waals surface area contributed by atoms with Gasteiger partial charge in [-0.3, -0.25) is 19.5 Å². The van der Waals surface area contributed by atoms with Crippen LogP contribution in [0.15, 0.2) is 96.0 Å². The average molecular weight is 724 g/mol. The molecule has 1 unspecified atom stereocenters. The molecule has 0 spiro atoms. The van der Waals surface area contributed by atoms with Crippen LogP contribution in [0.3, 0.4) is 0 Å². The van der Waals surface area contributed by atoms with E-state index in [2.05, 4.69) is 17.4 Å². The van der Waals surface area contributed by atoms with Crippen LogP contribution in [0, 0.1) is 0 Å². The smallest absolute Gasteiger partial charge is 0.261 e. The van der Waals surface area contributed by atoms with Crippen LogP contribution >= 0.6 is 0 Å². The highest BCUT2D eigenvalue weighted by Gasteiger charge is 2.39. The van der Waals surface area contributed by atoms with Crippen LogP contribution in [0.4, 0.5) is 28.4 Å². The number of nitrogen functional groups attached to an aromatic ring is 1. The van der Waals surface area contributed by atoms with Crippen molar-refractivity contribution >= 4 is 46.0 Å². The lowest BCUT2D eigenvalue weighted by atomic mass is 10.1. The fourth-order valence-electron chi connectivity index (χ4n) is 7.64. The third-order valence-electron chi connectivity index (χ3n) is 10.3. The molecule has 3 aliphatic heterocycles. The number of carbonyl (C=O) groups is 2. The zero-order valence-electron chi connectivity index (χ0n) is 30.6. The molecule has 3 N–H and O–H groups in total. The molecule has 3 aliphatic rings. The van der Waals surface area contributed by atoms with E-state index in [1.807, 2.05) is 66.4 Å². The van der Waals surface area contributed by atoms with E-state index >= 15 is 0 Å². The molecule has 0 saturated heterocycles. The lowest BCUT2D eigenvalue weighted by Gasteiger charge is -2.23. The first kappa shape index (κ1) is 34.6. The monoisotopic (exact) mass is 723 g/mol. The third-order valence-corrected chi connectivity index (χ3v) is 10.3. The van der Waals surface area contributed by atoms with Crippen LogP contribution < -0.4 is 39.8 Å². The summed E-state index contributed by atoms with van der Waals surface area (Å²) < 4.78 is 24.0. The van der Waals surface area contributed by atoms with Crippen LogP contribution in [-0.2, 0) is 26.1 Å². The molecule has 8 rings (SSSR count). The van der Waals surface area contributed by atoms with E-state index in [1.165, 1.54) is 0 Å². The van der Waals surface area contributed by atoms with E-state index in [1.54, 1.807) is 50.4 Å². The number of methoxy groups -OCH3 is 2. The van der Waals surface area contributed by atoms with Gasteiger partial charge in [-0.2, -0.15) is 0 Å². The molecule has 54 heavy (non-hydrogen) atoms. The molecular formula is C43H41N5O6. The van der Waals surface area contributed by atoms with Crippen molar-refractivity contribution in [2.24, 2.45) is 4.99 Å². The zero-order chi connectivity index (χ0) is 37.5. The number of aliphatic imine (C=N–C) groups is 1. The van der Waals surface area contributed by atoms with E-state index in [0.717, 1.165) is 52.2 Å². The number of rotatable bonds is 10. The van der Waals surface area contributed by atoms with Crippen molar-refractivity contribution in [2.75, 3.05) is 48.7 Å². The van der Waals surface area contributed by atoms with Gasteiger partial charge < -0.3 is 34.9 Å². The number of benzene rings is 5. The van der Waals surface area contributed by atoms with Crippen molar-refractivity contribution in [3.05, 3.63) is 124 Å². The number of nitrogens with two attached hydrogens (primary N) is 1. The van der Waals surface area contributed by atoms with Crippen LogP contribution in [-0.4, -0.2) is 51.4 Å². The largest absolute Gasteiger partial charge is 0.493 e. The second kappa shape index (κ2) is 14.1. The summed E-state index contributed by atoms with van der Waals surface area (Å²) in [4.78, 5) is 36.3. The van der Waals surface area contributed by atoms with Gasteiger partial charge in [-0.1, -0.05) is 36.4 Å². The molecule has 11 nitrogen and oxygen atoms in total. The molecule has 0 radical (unpaired) electrons. The summed E-state index contributed by atoms with van der Waals surface area (Å²) in [6.45, 7) is 2.94. The Morgan fingerprint density at radius 3 is 2.19 bits per heavy atom. The molecule has 1 atom stereocenters. The summed E-state index contributed by atoms with van der Waals surface area (Å²) in [6, 6.07) is 28.4. The molecule has 11 heteroatoms. The molecular weight excluding hydrogens is 683 g/mol. The average Bonchev–Trinajstić information content (AvgIpc) is 3.78. The van der Waals surface area contributed by atoms with Crippen molar-refractivity contribution < 1.29 is 28.5 Å². The second-order valence-corrected chi connectivity index (χ2v) is 13.6. The number of anilines is 4. The normalized spacial score (nSPS) is 15.4. The summed E-state index contributed by atoms with van der Waals surface area (Å²) in [6.07, 6.45) is 1.53. The fraction of sp³-hybridized carbons (Fsp3) is 0.233. The fourth-order valence-corrected chi connectivity index (χ4v) is 7.64. The van der Waals surface area contributed by atoms with Gasteiger partial charge >= 0.3 is 0 Å². The Balaban J connectivity index is 0.995. The first-order chi connectivity index (χ1) is 26.3. The summed E-state index contributed by atoms with van der Waals surface area (Å²) in [5.41, 5.74) is 15.6. The second-order valence-electron chi connectivity index (χ2n) is 13.6. The minimum atomic E-state index is -0.149. The van der Waals surface area contributed by atoms with E-state index in [-0.39, 0.29) is 31.1 Å². The molecule has 5 aromatic carbocycles. The highest BCUT2D eigenvalue weighted by atomic mass is 16.5. The SMILES string of the molecule is CNc1cc(OCc2cc(N)cc(COc3cc4c(cc3OC)C(=O)N3c5ccccc5CC3C(C)=N4)c2)c(OC)cc1C(=O)N1CCc2ccccc21. The maximum absolute atomic E-state index is 13.9. The number of nitrogens with zero attached hydrogens (tertiary/aromatic N) is 3. The number of carbonyl (C=O) groups excluding carboxylic acids is 2. The van der Waals surface area contributed by atoms with Gasteiger partial charge in [0.25, 0.3) is 11.8 Å². The molecule has 274 valence electrons. The summed E-state index contributed by atoms with van der Waals surface area (Å²) >= 11 is 0. The molecule has 3 heterocycles. The predicted molar refractivity (Wildman–Crippen MR) is 210 cm³/mol. The van der Waals surface area contributed by atoms with Gasteiger partial charge in [0.2, 0.25) is 0 Å². The summed E-state index contributed by atoms with van der Waals surface area (Å²) in [7, 11) is 4.88. The highest BCUT2D eigenvalue weighted by Crippen LogP contribution is 2.42. The molecule has 0 aromatic heterocycles. The minimum Gasteiger partial charge on any atom is -0.493 e. The zero-order valence-corrected chi connectivity index (χ0v) is 30.6. The van der Waals surface area contributed by atoms with Crippen molar-refractivity contribution in [3.8, 4) is 23.0 Å². The quantitative estimate of drug-likeness (QED) is 0.143. The molecule has 0 aliphatic carbocycles. The Hall–Kier alpha value is -6.49. The van der Waals surface area contributed by atoms with Gasteiger partial charge in [0.1, 0.15) is 13.2 Å². The highest BCUT2D eigenvalue weighted by molar-refractivity contribution is 6.17. The van der Waals surface area contributed by atoms with Crippen molar-refractivity contribution in [1.82, 2.24) is 0 Å². The Kier molecular flexibility index (Phi) is 9.06. The van der Waals surface area contributed by atoms with Gasteiger partial charge in [0.05, 0.1) is 42.8 Å². The molecule has 2 amide bonds. The van der Waals surface area contributed by atoms with Gasteiger partial charge in [0.15, 0.2) is 23.0 Å². The van der Waals surface area contributed by atoms with Crippen molar-refractivity contribution in [1.29, 1.82) is 0 Å². The van der Waals surface area contributed by atoms with Crippen LogP contribution in [0.2, 0.25) is 0 Å². The maximum atomic E-state index is 13.9. The van der Waals surface area contributed by atoms with Crippen LogP contribution in [0.5, 0.6) is 23.0 Å². The topological polar surface area (TPSA) is 128 Å². The van der Waals surface area contributed by atoms with E-state index in [4.69, 9.17) is 29.7 Å². The van der Waals surface area contributed by atoms with Gasteiger partial charge in [-0.25, -0.2) is 0 Å². The molecule has 0 saturated carbocycles. The molecule has 5 aromatic rings. The van der Waals surface area contributed by atoms with E-state index < -0.39 is 0 Å². The van der Waals surface area contributed by atoms with E-state index in [0.29, 0.717) is 57.7 Å². The van der Waals surface area contributed by atoms with E-state index in [9.17, 15) is 9.59 Å². The van der Waals surface area contributed by atoms with Crippen LogP contribution in [0.1, 0.15) is 49.9 Å². The number of para-hydroxylation sites is 2. The molecule has 0 fully saturated rings. The van der Waals surface area contributed by atoms with Crippen molar-refractivity contribution in [3.63, 3.8) is 0 Å². The number of ether oxygens (including phenoxy) is 4. The summed E-state index contributed by atoms with van der Waals surface area (Å²) in [5, 5.41) is 3.16. The number of fused-ring (bicyclic) bond motifs is 5. The standard InChI is InChI=1S/C43H41N5O6/c1-25-37-18-29-10-6-8-12-36(29)48(37)43(50)32-20-39(52-4)41(22-34(32)46-25)54-24-27-15-26(16-30(44)17-27)23-53-40-21-33(45-2)31(19-38(40)51-3)42(49)47-14-13-28-9-5-7-11-35(28)47/h5-12,15-17,19-22,37,45H,13-14,18,23-24,44H2,1-4H3. The Labute approximate surface area is 313 Å². The maximum Gasteiger partial charge on any atom is 0.261 e. The number of amides is 2. The lowest BCUT2D eigenvalue weighted by Crippen LogP contribution is -2.40. The Morgan fingerprint density at radius 2 is 1.48 bits per heavy atom. The third kappa shape index (κ3) is 6.21. The lowest BCUT2D eigenvalue weighted by molar-refractivity contribution is 0.0980. The van der Waals surface area contributed by atoms with Gasteiger partial charge in [-0.15, -0.1) is 0 Å². The minimum absolute atomic E-state index is 0.111.